The zero-order chi connectivity index (χ0) is 10.6. The van der Waals surface area contributed by atoms with Crippen LogP contribution in [0.15, 0.2) is 12.3 Å². The minimum atomic E-state index is -1.03. The summed E-state index contributed by atoms with van der Waals surface area (Å²) in [5, 5.41) is 8.84. The van der Waals surface area contributed by atoms with Gasteiger partial charge in [-0.05, 0) is 24.5 Å². The number of aromatic nitrogens is 1. The van der Waals surface area contributed by atoms with Gasteiger partial charge in [0.25, 0.3) is 0 Å². The van der Waals surface area contributed by atoms with Crippen molar-refractivity contribution in [1.82, 2.24) is 4.98 Å². The van der Waals surface area contributed by atoms with Gasteiger partial charge in [-0.25, -0.2) is 9.78 Å². The van der Waals surface area contributed by atoms with Crippen molar-refractivity contribution < 1.29 is 9.90 Å². The van der Waals surface area contributed by atoms with Crippen molar-refractivity contribution in [1.29, 1.82) is 0 Å². The largest absolute Gasteiger partial charge is 0.478 e. The summed E-state index contributed by atoms with van der Waals surface area (Å²) in [5.41, 5.74) is 1.01. The molecule has 0 amide bonds. The molecule has 0 aliphatic heterocycles. The van der Waals surface area contributed by atoms with E-state index in [0.717, 1.165) is 24.8 Å². The van der Waals surface area contributed by atoms with Crippen LogP contribution in [0.25, 0.3) is 0 Å². The van der Waals surface area contributed by atoms with Crippen molar-refractivity contribution in [3.63, 3.8) is 0 Å². The van der Waals surface area contributed by atoms with Crippen LogP contribution in [-0.4, -0.2) is 16.1 Å². The van der Waals surface area contributed by atoms with Crippen LogP contribution in [0.5, 0.6) is 0 Å². The SMILES string of the molecule is CCCCc1cnc(Cl)c(C(=O)O)c1. The molecule has 0 atom stereocenters. The maximum Gasteiger partial charge on any atom is 0.338 e. The number of hydrogen-bond acceptors (Lipinski definition) is 2. The number of carbonyl (C=O) groups is 1. The second kappa shape index (κ2) is 4.96. The molecule has 0 bridgehead atoms. The van der Waals surface area contributed by atoms with Gasteiger partial charge in [0.05, 0.1) is 5.56 Å². The second-order valence-electron chi connectivity index (χ2n) is 3.09. The van der Waals surface area contributed by atoms with E-state index in [2.05, 4.69) is 11.9 Å². The van der Waals surface area contributed by atoms with Crippen LogP contribution in [-0.2, 0) is 6.42 Å². The number of carboxylic acid groups (broad SMARTS) is 1. The third-order valence-corrected chi connectivity index (χ3v) is 2.25. The molecule has 3 nitrogen and oxygen atoms in total. The van der Waals surface area contributed by atoms with Gasteiger partial charge in [-0.1, -0.05) is 24.9 Å². The standard InChI is InChI=1S/C10H12ClNO2/c1-2-3-4-7-5-8(10(13)14)9(11)12-6-7/h5-6H,2-4H2,1H3,(H,13,14). The van der Waals surface area contributed by atoms with Crippen LogP contribution in [0.1, 0.15) is 35.7 Å². The van der Waals surface area contributed by atoms with Crippen LogP contribution in [0.4, 0.5) is 0 Å². The minimum absolute atomic E-state index is 0.0535. The molecule has 0 spiro atoms. The molecule has 0 fully saturated rings. The molecule has 4 heteroatoms. The summed E-state index contributed by atoms with van der Waals surface area (Å²) in [7, 11) is 0. The first-order valence-electron chi connectivity index (χ1n) is 4.53. The first kappa shape index (κ1) is 11.0. The van der Waals surface area contributed by atoms with Gasteiger partial charge in [0.15, 0.2) is 0 Å². The van der Waals surface area contributed by atoms with E-state index in [1.165, 1.54) is 0 Å². The Labute approximate surface area is 87.7 Å². The van der Waals surface area contributed by atoms with Crippen molar-refractivity contribution in [2.24, 2.45) is 0 Å². The summed E-state index contributed by atoms with van der Waals surface area (Å²) < 4.78 is 0. The quantitative estimate of drug-likeness (QED) is 0.783. The molecule has 0 unspecified atom stereocenters. The highest BCUT2D eigenvalue weighted by atomic mass is 35.5. The van der Waals surface area contributed by atoms with Crippen LogP contribution in [0, 0.1) is 0 Å². The molecule has 0 saturated carbocycles. The van der Waals surface area contributed by atoms with Crippen molar-refractivity contribution >= 4 is 17.6 Å². The fourth-order valence-electron chi connectivity index (χ4n) is 1.16. The Bertz CT molecular complexity index is 339. The highest BCUT2D eigenvalue weighted by Gasteiger charge is 2.10. The van der Waals surface area contributed by atoms with E-state index in [9.17, 15) is 4.79 Å². The maximum atomic E-state index is 10.7. The fraction of sp³-hybridized carbons (Fsp3) is 0.400. The first-order chi connectivity index (χ1) is 6.65. The Balaban J connectivity index is 2.89. The summed E-state index contributed by atoms with van der Waals surface area (Å²) in [6.45, 7) is 2.08. The molecule has 0 aromatic carbocycles. The van der Waals surface area contributed by atoms with E-state index in [4.69, 9.17) is 16.7 Å². The van der Waals surface area contributed by atoms with Crippen molar-refractivity contribution in [3.05, 3.63) is 28.5 Å². The third kappa shape index (κ3) is 2.70. The number of pyridine rings is 1. The molecule has 1 rings (SSSR count). The molecule has 1 N–H and O–H groups in total. The Hall–Kier alpha value is -1.09. The number of unbranched alkanes of at least 4 members (excludes halogenated alkanes) is 1. The number of aryl methyl sites for hydroxylation is 1. The topological polar surface area (TPSA) is 50.2 Å². The van der Waals surface area contributed by atoms with E-state index in [1.807, 2.05) is 0 Å². The predicted octanol–water partition coefficient (Wildman–Crippen LogP) is 2.78. The molecule has 14 heavy (non-hydrogen) atoms. The van der Waals surface area contributed by atoms with Gasteiger partial charge < -0.3 is 5.11 Å². The predicted molar refractivity (Wildman–Crippen MR) is 54.8 cm³/mol. The average Bonchev–Trinajstić information content (AvgIpc) is 2.16. The number of hydrogen-bond donors (Lipinski definition) is 1. The molecule has 0 aliphatic rings. The smallest absolute Gasteiger partial charge is 0.338 e. The first-order valence-corrected chi connectivity index (χ1v) is 4.90. The zero-order valence-electron chi connectivity index (χ0n) is 7.96. The number of rotatable bonds is 4. The van der Waals surface area contributed by atoms with Gasteiger partial charge >= 0.3 is 5.97 Å². The van der Waals surface area contributed by atoms with Crippen LogP contribution < -0.4 is 0 Å². The van der Waals surface area contributed by atoms with Crippen LogP contribution in [0.3, 0.4) is 0 Å². The molecular weight excluding hydrogens is 202 g/mol. The van der Waals surface area contributed by atoms with Crippen LogP contribution >= 0.6 is 11.6 Å². The van der Waals surface area contributed by atoms with Crippen molar-refractivity contribution in [2.75, 3.05) is 0 Å². The summed E-state index contributed by atoms with van der Waals surface area (Å²) in [6, 6.07) is 1.59. The van der Waals surface area contributed by atoms with Crippen molar-refractivity contribution in [3.8, 4) is 0 Å². The molecule has 0 radical (unpaired) electrons. The monoisotopic (exact) mass is 213 g/mol. The normalized spacial score (nSPS) is 10.1. The minimum Gasteiger partial charge on any atom is -0.478 e. The van der Waals surface area contributed by atoms with Crippen LogP contribution in [0.2, 0.25) is 5.15 Å². The molecule has 1 aromatic heterocycles. The second-order valence-corrected chi connectivity index (χ2v) is 3.45. The highest BCUT2D eigenvalue weighted by Crippen LogP contribution is 2.15. The number of aromatic carboxylic acids is 1. The number of nitrogens with zero attached hydrogens (tertiary/aromatic N) is 1. The summed E-state index contributed by atoms with van der Waals surface area (Å²) in [4.78, 5) is 14.6. The van der Waals surface area contributed by atoms with E-state index >= 15 is 0 Å². The Morgan fingerprint density at radius 3 is 2.93 bits per heavy atom. The van der Waals surface area contributed by atoms with E-state index in [0.29, 0.717) is 0 Å². The average molecular weight is 214 g/mol. The van der Waals surface area contributed by atoms with Gasteiger partial charge in [0.1, 0.15) is 5.15 Å². The molecule has 76 valence electrons. The lowest BCUT2D eigenvalue weighted by Gasteiger charge is -2.02. The van der Waals surface area contributed by atoms with E-state index in [-0.39, 0.29) is 10.7 Å². The van der Waals surface area contributed by atoms with Gasteiger partial charge in [-0.15, -0.1) is 0 Å². The molecule has 1 aromatic rings. The Kier molecular flexibility index (Phi) is 3.89. The van der Waals surface area contributed by atoms with E-state index < -0.39 is 5.97 Å². The lowest BCUT2D eigenvalue weighted by Crippen LogP contribution is -2.00. The lowest BCUT2D eigenvalue weighted by atomic mass is 10.1. The lowest BCUT2D eigenvalue weighted by molar-refractivity contribution is 0.0696. The number of halogens is 1. The Morgan fingerprint density at radius 1 is 1.64 bits per heavy atom. The van der Waals surface area contributed by atoms with Gasteiger partial charge in [0.2, 0.25) is 0 Å². The molecule has 1 heterocycles. The summed E-state index contributed by atoms with van der Waals surface area (Å²) >= 11 is 5.63. The summed E-state index contributed by atoms with van der Waals surface area (Å²) in [5.74, 6) is -1.03. The molecule has 0 saturated heterocycles. The third-order valence-electron chi connectivity index (χ3n) is 1.95. The maximum absolute atomic E-state index is 10.7. The van der Waals surface area contributed by atoms with Gasteiger partial charge in [-0.2, -0.15) is 0 Å². The molecular formula is C10H12ClNO2. The van der Waals surface area contributed by atoms with Gasteiger partial charge in [-0.3, -0.25) is 0 Å². The molecule has 0 aliphatic carbocycles. The van der Waals surface area contributed by atoms with Gasteiger partial charge in [0, 0.05) is 6.20 Å². The highest BCUT2D eigenvalue weighted by molar-refractivity contribution is 6.32. The zero-order valence-corrected chi connectivity index (χ0v) is 8.71. The number of carboxylic acids is 1. The van der Waals surface area contributed by atoms with Crippen molar-refractivity contribution in [2.45, 2.75) is 26.2 Å². The summed E-state index contributed by atoms with van der Waals surface area (Å²) in [6.07, 6.45) is 4.58. The fourth-order valence-corrected chi connectivity index (χ4v) is 1.34. The Morgan fingerprint density at radius 2 is 2.36 bits per heavy atom. The van der Waals surface area contributed by atoms with E-state index in [1.54, 1.807) is 12.3 Å².